The van der Waals surface area contributed by atoms with E-state index in [9.17, 15) is 19.5 Å². The van der Waals surface area contributed by atoms with Gasteiger partial charge in [-0.3, -0.25) is 0 Å². The number of ether oxygens (including phenoxy) is 10. The summed E-state index contributed by atoms with van der Waals surface area (Å²) in [6.07, 6.45) is 7.03. The van der Waals surface area contributed by atoms with Gasteiger partial charge in [0.25, 0.3) is 0 Å². The number of methoxy groups -OCH3 is 10. The zero-order valence-electron chi connectivity index (χ0n) is 33.5. The van der Waals surface area contributed by atoms with Crippen molar-refractivity contribution in [1.29, 1.82) is 0 Å². The number of hydrogen-bond donors (Lipinski definition) is 1. The first kappa shape index (κ1) is 50.1. The number of aromatic hydroxyl groups is 1. The molecular formula is C38H43Na2O15P. The van der Waals surface area contributed by atoms with E-state index in [1.807, 2.05) is 24.3 Å². The molecule has 0 aromatic heterocycles. The van der Waals surface area contributed by atoms with Crippen LogP contribution in [0, 0.1) is 0 Å². The van der Waals surface area contributed by atoms with E-state index in [0.717, 1.165) is 5.56 Å². The molecule has 0 heterocycles. The van der Waals surface area contributed by atoms with Gasteiger partial charge in [0.05, 0.1) is 71.1 Å². The summed E-state index contributed by atoms with van der Waals surface area (Å²) in [4.78, 5) is 22.2. The van der Waals surface area contributed by atoms with E-state index < -0.39 is 7.82 Å². The first-order valence-corrected chi connectivity index (χ1v) is 17.2. The topological polar surface area (TPSA) is 185 Å². The fourth-order valence-corrected chi connectivity index (χ4v) is 5.50. The minimum atomic E-state index is -5.33. The normalized spacial score (nSPS) is 10.6. The van der Waals surface area contributed by atoms with Crippen LogP contribution in [0.15, 0.2) is 48.5 Å². The Morgan fingerprint density at radius 3 is 1.11 bits per heavy atom. The Morgan fingerprint density at radius 2 is 0.786 bits per heavy atom. The van der Waals surface area contributed by atoms with Gasteiger partial charge in [0.2, 0.25) is 23.0 Å². The van der Waals surface area contributed by atoms with E-state index in [2.05, 4.69) is 4.52 Å². The quantitative estimate of drug-likeness (QED) is 0.0885. The number of benzene rings is 4. The van der Waals surface area contributed by atoms with Gasteiger partial charge in [-0.25, -0.2) is 0 Å². The number of phenols is 1. The Labute approximate surface area is 370 Å². The van der Waals surface area contributed by atoms with Gasteiger partial charge in [-0.15, -0.1) is 0 Å². The van der Waals surface area contributed by atoms with Crippen LogP contribution in [0.1, 0.15) is 22.3 Å². The Kier molecular flexibility index (Phi) is 21.5. The van der Waals surface area contributed by atoms with E-state index in [0.29, 0.717) is 62.7 Å². The molecule has 0 aliphatic rings. The van der Waals surface area contributed by atoms with Crippen molar-refractivity contribution < 1.29 is 130 Å². The minimum Gasteiger partial charge on any atom is -0.780 e. The zero-order chi connectivity index (χ0) is 40.0. The van der Waals surface area contributed by atoms with Crippen LogP contribution in [0.25, 0.3) is 24.3 Å². The molecule has 0 unspecified atom stereocenters. The number of rotatable bonds is 16. The molecule has 0 saturated heterocycles. The molecule has 4 rings (SSSR count). The molecule has 4 aromatic carbocycles. The van der Waals surface area contributed by atoms with Crippen molar-refractivity contribution in [1.82, 2.24) is 0 Å². The number of hydrogen-bond acceptors (Lipinski definition) is 15. The first-order chi connectivity index (χ1) is 25.9. The zero-order valence-corrected chi connectivity index (χ0v) is 38.4. The Morgan fingerprint density at radius 1 is 0.446 bits per heavy atom. The van der Waals surface area contributed by atoms with Crippen molar-refractivity contribution in [2.45, 2.75) is 0 Å². The van der Waals surface area contributed by atoms with Crippen molar-refractivity contribution in [2.75, 3.05) is 71.1 Å². The van der Waals surface area contributed by atoms with Gasteiger partial charge in [0.15, 0.2) is 46.0 Å². The molecule has 0 bridgehead atoms. The molecule has 0 aliphatic carbocycles. The van der Waals surface area contributed by atoms with Gasteiger partial charge in [-0.05, 0) is 59.7 Å². The molecule has 15 nitrogen and oxygen atoms in total. The second kappa shape index (κ2) is 24.0. The summed E-state index contributed by atoms with van der Waals surface area (Å²) in [5, 5.41) is 10.2. The molecule has 4 aromatic rings. The molecule has 0 fully saturated rings. The van der Waals surface area contributed by atoms with E-state index in [4.69, 9.17) is 47.4 Å². The molecule has 0 amide bonds. The summed E-state index contributed by atoms with van der Waals surface area (Å²) in [7, 11) is 9.48. The van der Waals surface area contributed by atoms with Gasteiger partial charge >= 0.3 is 59.1 Å². The van der Waals surface area contributed by atoms with Gasteiger partial charge in [0, 0.05) is 11.1 Å². The van der Waals surface area contributed by atoms with Crippen LogP contribution in [0.5, 0.6) is 69.0 Å². The SMILES string of the molecule is COc1cc(/C=C\c2ccc(OC)c(OP(=O)([O-])[O-])c2OC)cc(OC)c1OC.COc1ccc(/C=C\c2cc(OC)c(OC)c(OC)c2)c(OC)c1O.[Na+].[Na+]. The number of phenolic OH excluding ortho intramolecular Hbond substituents is 1. The Bertz CT molecular complexity index is 1950. The maximum atomic E-state index is 11.1. The Hall–Kier alpha value is -3.89. The second-order valence-electron chi connectivity index (χ2n) is 10.6. The smallest absolute Gasteiger partial charge is 0.780 e. The molecule has 1 N–H and O–H groups in total. The van der Waals surface area contributed by atoms with E-state index in [1.165, 1.54) is 55.8 Å². The van der Waals surface area contributed by atoms with Crippen LogP contribution in [0.2, 0.25) is 0 Å². The van der Waals surface area contributed by atoms with Crippen molar-refractivity contribution in [2.24, 2.45) is 0 Å². The predicted octanol–water partition coefficient (Wildman–Crippen LogP) is -0.279. The molecule has 0 radical (unpaired) electrons. The maximum absolute atomic E-state index is 11.1. The van der Waals surface area contributed by atoms with Crippen molar-refractivity contribution in [3.05, 3.63) is 70.8 Å². The van der Waals surface area contributed by atoms with Crippen molar-refractivity contribution in [3.63, 3.8) is 0 Å². The van der Waals surface area contributed by atoms with Crippen LogP contribution in [-0.2, 0) is 4.57 Å². The Balaban J connectivity index is 0.000000546. The first-order valence-electron chi connectivity index (χ1n) is 15.7. The van der Waals surface area contributed by atoms with Crippen molar-refractivity contribution in [3.8, 4) is 69.0 Å². The molecule has 0 saturated carbocycles. The van der Waals surface area contributed by atoms with Crippen LogP contribution in [0.4, 0.5) is 0 Å². The second-order valence-corrected chi connectivity index (χ2v) is 11.7. The van der Waals surface area contributed by atoms with E-state index >= 15 is 0 Å². The van der Waals surface area contributed by atoms with Crippen LogP contribution < -0.4 is 121 Å². The average Bonchev–Trinajstić information content (AvgIpc) is 3.17. The van der Waals surface area contributed by atoms with Crippen LogP contribution in [-0.4, -0.2) is 76.2 Å². The third-order valence-corrected chi connectivity index (χ3v) is 7.97. The fraction of sp³-hybridized carbons (Fsp3) is 0.263. The molecule has 0 spiro atoms. The van der Waals surface area contributed by atoms with Crippen LogP contribution >= 0.6 is 7.82 Å². The standard InChI is InChI=1S/C19H23O9P.C19H22O6.2Na/c1-23-14-9-8-13(17(26-4)19(14)28-29(20,21)22)7-6-12-10-15(24-2)18(27-5)16(11-12)25-3;1-21-14-9-8-13(18(24-4)17(14)20)7-6-12-10-15(22-2)19(25-5)16(11-12)23-3;;/h6-11H,1-5H3,(H2,20,21,22);6-11,20H,1-5H3;;/q;;2*+1/p-2/b2*7-6-;;. The molecule has 0 aliphatic heterocycles. The van der Waals surface area contributed by atoms with Gasteiger partial charge in [-0.2, -0.15) is 0 Å². The average molecular weight is 817 g/mol. The molecular weight excluding hydrogens is 773 g/mol. The summed E-state index contributed by atoms with van der Waals surface area (Å²) in [6, 6.07) is 13.7. The number of phosphoric acid groups is 1. The van der Waals surface area contributed by atoms with E-state index in [-0.39, 0.29) is 82.1 Å². The maximum Gasteiger partial charge on any atom is 1.00 e. The summed E-state index contributed by atoms with van der Waals surface area (Å²) < 4.78 is 68.3. The van der Waals surface area contributed by atoms with Gasteiger partial charge in [0.1, 0.15) is 7.82 Å². The summed E-state index contributed by atoms with van der Waals surface area (Å²) >= 11 is 0. The van der Waals surface area contributed by atoms with E-state index in [1.54, 1.807) is 63.8 Å². The third kappa shape index (κ3) is 12.8. The summed E-state index contributed by atoms with van der Waals surface area (Å²) in [5.41, 5.74) is 2.70. The number of phosphoric ester groups is 1. The summed E-state index contributed by atoms with van der Waals surface area (Å²) in [6.45, 7) is 0. The molecule has 292 valence electrons. The van der Waals surface area contributed by atoms with Crippen LogP contribution in [0.3, 0.4) is 0 Å². The molecule has 56 heavy (non-hydrogen) atoms. The minimum absolute atomic E-state index is 0. The fourth-order valence-electron chi connectivity index (χ4n) is 5.11. The summed E-state index contributed by atoms with van der Waals surface area (Å²) in [5.74, 6) is 3.42. The van der Waals surface area contributed by atoms with Gasteiger partial charge in [-0.1, -0.05) is 24.3 Å². The monoisotopic (exact) mass is 816 g/mol. The van der Waals surface area contributed by atoms with Crippen molar-refractivity contribution >= 4 is 32.1 Å². The predicted molar refractivity (Wildman–Crippen MR) is 199 cm³/mol. The molecule has 0 atom stereocenters. The third-order valence-electron chi connectivity index (χ3n) is 7.57. The molecule has 18 heteroatoms. The largest absolute Gasteiger partial charge is 1.00 e. The van der Waals surface area contributed by atoms with Gasteiger partial charge < -0.3 is 71.4 Å².